The van der Waals surface area contributed by atoms with Gasteiger partial charge in [-0.2, -0.15) is 0 Å². The van der Waals surface area contributed by atoms with Crippen LogP contribution in [0.4, 0.5) is 18.9 Å². The second-order valence-electron chi connectivity index (χ2n) is 3.88. The third kappa shape index (κ3) is 5.37. The van der Waals surface area contributed by atoms with Gasteiger partial charge in [-0.3, -0.25) is 4.79 Å². The van der Waals surface area contributed by atoms with Gasteiger partial charge in [0.2, 0.25) is 5.91 Å². The van der Waals surface area contributed by atoms with Crippen LogP contribution in [0.2, 0.25) is 0 Å². The maximum absolute atomic E-state index is 12.1. The number of ether oxygens (including phenoxy) is 1. The van der Waals surface area contributed by atoms with Crippen LogP contribution in [0.3, 0.4) is 0 Å². The van der Waals surface area contributed by atoms with Crippen molar-refractivity contribution in [2.75, 3.05) is 11.9 Å². The number of primary amides is 1. The molecule has 0 aromatic heterocycles. The molecule has 1 amide bonds. The molecule has 8 heteroatoms. The highest BCUT2D eigenvalue weighted by Crippen LogP contribution is 2.32. The number of alkyl halides is 3. The molecule has 0 aliphatic heterocycles. The van der Waals surface area contributed by atoms with Gasteiger partial charge in [0, 0.05) is 12.2 Å². The van der Waals surface area contributed by atoms with E-state index in [0.717, 1.165) is 0 Å². The summed E-state index contributed by atoms with van der Waals surface area (Å²) in [4.78, 5) is 10.8. The Labute approximate surface area is 116 Å². The van der Waals surface area contributed by atoms with Crippen LogP contribution in [0.5, 0.6) is 5.75 Å². The van der Waals surface area contributed by atoms with Gasteiger partial charge >= 0.3 is 6.36 Å². The Kier molecular flexibility index (Phi) is 5.04. The van der Waals surface area contributed by atoms with E-state index in [0.29, 0.717) is 12.2 Å². The summed E-state index contributed by atoms with van der Waals surface area (Å²) in [6, 6.07) is 4.02. The highest BCUT2D eigenvalue weighted by molar-refractivity contribution is 9.10. The number of hydrogen-bond acceptors (Lipinski definition) is 3. The van der Waals surface area contributed by atoms with Gasteiger partial charge in [0.25, 0.3) is 0 Å². The number of rotatable bonds is 5. The van der Waals surface area contributed by atoms with E-state index in [9.17, 15) is 18.0 Å². The van der Waals surface area contributed by atoms with E-state index < -0.39 is 12.3 Å². The first-order valence-corrected chi connectivity index (χ1v) is 6.07. The van der Waals surface area contributed by atoms with Crippen molar-refractivity contribution < 1.29 is 22.7 Å². The summed E-state index contributed by atoms with van der Waals surface area (Å²) in [7, 11) is 0. The van der Waals surface area contributed by atoms with Crippen LogP contribution in [0.1, 0.15) is 6.92 Å². The number of carbonyl (C=O) groups is 1. The van der Waals surface area contributed by atoms with Gasteiger partial charge in [-0.15, -0.1) is 13.2 Å². The minimum absolute atomic E-state index is 0.154. The van der Waals surface area contributed by atoms with Gasteiger partial charge in [0.15, 0.2) is 0 Å². The molecule has 1 aromatic rings. The topological polar surface area (TPSA) is 64.3 Å². The number of amides is 1. The van der Waals surface area contributed by atoms with Crippen LogP contribution >= 0.6 is 15.9 Å². The number of nitrogens with two attached hydrogens (primary N) is 1. The molecule has 0 heterocycles. The molecule has 1 rings (SSSR count). The summed E-state index contributed by atoms with van der Waals surface area (Å²) in [5, 5.41) is 2.89. The fourth-order valence-corrected chi connectivity index (χ4v) is 1.65. The van der Waals surface area contributed by atoms with Crippen molar-refractivity contribution >= 4 is 27.5 Å². The van der Waals surface area contributed by atoms with Gasteiger partial charge < -0.3 is 15.8 Å². The quantitative estimate of drug-likeness (QED) is 0.866. The van der Waals surface area contributed by atoms with Crippen molar-refractivity contribution in [3.8, 4) is 5.75 Å². The first kappa shape index (κ1) is 15.6. The molecule has 1 aromatic carbocycles. The Morgan fingerprint density at radius 1 is 1.53 bits per heavy atom. The molecule has 19 heavy (non-hydrogen) atoms. The van der Waals surface area contributed by atoms with E-state index >= 15 is 0 Å². The first-order valence-electron chi connectivity index (χ1n) is 5.27. The van der Waals surface area contributed by atoms with Crippen LogP contribution in [-0.4, -0.2) is 18.8 Å². The van der Waals surface area contributed by atoms with Crippen molar-refractivity contribution in [1.82, 2.24) is 0 Å². The average molecular weight is 341 g/mol. The zero-order valence-electron chi connectivity index (χ0n) is 9.92. The highest BCUT2D eigenvalue weighted by Gasteiger charge is 2.31. The van der Waals surface area contributed by atoms with E-state index in [-0.39, 0.29) is 16.1 Å². The van der Waals surface area contributed by atoms with Gasteiger partial charge in [-0.1, -0.05) is 6.92 Å². The predicted octanol–water partition coefficient (Wildman–Crippen LogP) is 2.88. The number of anilines is 1. The summed E-state index contributed by atoms with van der Waals surface area (Å²) < 4.78 is 40.1. The SMILES string of the molecule is CC(CNc1ccc(OC(F)(F)F)c(Br)c1)C(N)=O. The van der Waals surface area contributed by atoms with Gasteiger partial charge in [0.1, 0.15) is 5.75 Å². The normalized spacial score (nSPS) is 12.9. The second kappa shape index (κ2) is 6.14. The lowest BCUT2D eigenvalue weighted by molar-refractivity contribution is -0.274. The zero-order chi connectivity index (χ0) is 14.6. The molecule has 0 aliphatic rings. The van der Waals surface area contributed by atoms with Crippen LogP contribution in [0.25, 0.3) is 0 Å². The molecule has 4 nitrogen and oxygen atoms in total. The molecular formula is C11H12BrF3N2O2. The molecule has 0 spiro atoms. The van der Waals surface area contributed by atoms with E-state index in [1.165, 1.54) is 18.2 Å². The molecular weight excluding hydrogens is 329 g/mol. The molecule has 0 saturated heterocycles. The Morgan fingerprint density at radius 2 is 2.16 bits per heavy atom. The summed E-state index contributed by atoms with van der Waals surface area (Å²) in [5.74, 6) is -1.17. The van der Waals surface area contributed by atoms with Crippen LogP contribution in [-0.2, 0) is 4.79 Å². The summed E-state index contributed by atoms with van der Waals surface area (Å²) in [5.41, 5.74) is 5.64. The molecule has 0 bridgehead atoms. The van der Waals surface area contributed by atoms with Crippen LogP contribution < -0.4 is 15.8 Å². The smallest absolute Gasteiger partial charge is 0.405 e. The van der Waals surface area contributed by atoms with E-state index in [2.05, 4.69) is 26.0 Å². The minimum atomic E-state index is -4.74. The third-order valence-corrected chi connectivity index (χ3v) is 2.88. The Balaban J connectivity index is 2.69. The highest BCUT2D eigenvalue weighted by atomic mass is 79.9. The second-order valence-corrected chi connectivity index (χ2v) is 4.73. The van der Waals surface area contributed by atoms with Crippen LogP contribution in [0.15, 0.2) is 22.7 Å². The molecule has 1 atom stereocenters. The standard InChI is InChI=1S/C11H12BrF3N2O2/c1-6(10(16)18)5-17-7-2-3-9(8(12)4-7)19-11(13,14)15/h2-4,6,17H,5H2,1H3,(H2,16,18). The van der Waals surface area contributed by atoms with Crippen molar-refractivity contribution in [3.05, 3.63) is 22.7 Å². The maximum Gasteiger partial charge on any atom is 0.573 e. The number of halogens is 4. The third-order valence-electron chi connectivity index (χ3n) is 2.26. The fraction of sp³-hybridized carbons (Fsp3) is 0.364. The van der Waals surface area contributed by atoms with Crippen molar-refractivity contribution in [3.63, 3.8) is 0 Å². The van der Waals surface area contributed by atoms with Gasteiger partial charge in [0.05, 0.1) is 10.4 Å². The lowest BCUT2D eigenvalue weighted by Gasteiger charge is -2.13. The number of hydrogen-bond donors (Lipinski definition) is 2. The minimum Gasteiger partial charge on any atom is -0.405 e. The van der Waals surface area contributed by atoms with Gasteiger partial charge in [-0.25, -0.2) is 0 Å². The fourth-order valence-electron chi connectivity index (χ4n) is 1.19. The lowest BCUT2D eigenvalue weighted by atomic mass is 10.1. The summed E-state index contributed by atoms with van der Waals surface area (Å²) in [6.07, 6.45) is -4.74. The zero-order valence-corrected chi connectivity index (χ0v) is 11.5. The summed E-state index contributed by atoms with van der Waals surface area (Å²) in [6.45, 7) is 1.94. The Hall–Kier alpha value is -1.44. The molecule has 106 valence electrons. The first-order chi connectivity index (χ1) is 8.69. The number of nitrogens with one attached hydrogen (secondary N) is 1. The monoisotopic (exact) mass is 340 g/mol. The largest absolute Gasteiger partial charge is 0.573 e. The number of benzene rings is 1. The van der Waals surface area contributed by atoms with E-state index in [4.69, 9.17) is 5.73 Å². The number of carbonyl (C=O) groups excluding carboxylic acids is 1. The van der Waals surface area contributed by atoms with Gasteiger partial charge in [-0.05, 0) is 34.1 Å². The van der Waals surface area contributed by atoms with E-state index in [1.54, 1.807) is 6.92 Å². The predicted molar refractivity (Wildman–Crippen MR) is 67.7 cm³/mol. The average Bonchev–Trinajstić information content (AvgIpc) is 2.27. The van der Waals surface area contributed by atoms with Crippen LogP contribution in [0, 0.1) is 5.92 Å². The Bertz CT molecular complexity index is 466. The van der Waals surface area contributed by atoms with Crippen molar-refractivity contribution in [2.45, 2.75) is 13.3 Å². The molecule has 0 radical (unpaired) electrons. The van der Waals surface area contributed by atoms with E-state index in [1.807, 2.05) is 0 Å². The summed E-state index contributed by atoms with van der Waals surface area (Å²) >= 11 is 2.98. The molecule has 1 unspecified atom stereocenters. The van der Waals surface area contributed by atoms with Crippen molar-refractivity contribution in [2.24, 2.45) is 11.7 Å². The van der Waals surface area contributed by atoms with Crippen molar-refractivity contribution in [1.29, 1.82) is 0 Å². The lowest BCUT2D eigenvalue weighted by Crippen LogP contribution is -2.26. The Morgan fingerprint density at radius 3 is 2.63 bits per heavy atom. The molecule has 0 saturated carbocycles. The molecule has 0 aliphatic carbocycles. The molecule has 3 N–H and O–H groups in total. The maximum atomic E-state index is 12.1. The molecule has 0 fully saturated rings.